The smallest absolute Gasteiger partial charge is 0.310 e. The van der Waals surface area contributed by atoms with Gasteiger partial charge in [-0.25, -0.2) is 0 Å². The first-order valence-corrected chi connectivity index (χ1v) is 19.6. The quantitative estimate of drug-likeness (QED) is 0.0706. The van der Waals surface area contributed by atoms with Crippen LogP contribution in [0.1, 0.15) is 71.9 Å². The average molecular weight is 828 g/mol. The van der Waals surface area contributed by atoms with Crippen molar-refractivity contribution in [1.29, 1.82) is 0 Å². The molecule has 0 spiro atoms. The summed E-state index contributed by atoms with van der Waals surface area (Å²) in [6.07, 6.45) is 0.180. The van der Waals surface area contributed by atoms with Crippen molar-refractivity contribution < 1.29 is 52.9 Å². The standard InChI is InChI=1S/C44H53N5O11/c1-25(2)40(43(58)48-34(22-37(52)53)36(51)24-59-39(55)21-28-14-11-13-27-12-7-8-15-30(27)28)49-41(56)33(18-19-38(54)60-44(4,5)6)47-42(57)35(46-26(3)50)20-29-23-45-32-17-10-9-16-31(29)32/h7-17,23,25,33-35,40,45H,18-22,24H2,1-6H3,(H,46,50)(H,47,57)(H,48,58)(H,49,56)(H,52,53). The number of Topliss-reactive ketones (excluding diaryl/α,β-unsaturated/α-hetero) is 1. The second-order valence-corrected chi connectivity index (χ2v) is 15.8. The molecule has 16 nitrogen and oxygen atoms in total. The Morgan fingerprint density at radius 3 is 2.02 bits per heavy atom. The number of aromatic amines is 1. The maximum Gasteiger partial charge on any atom is 0.310 e. The number of aromatic nitrogens is 1. The van der Waals surface area contributed by atoms with Crippen molar-refractivity contribution >= 4 is 69.0 Å². The summed E-state index contributed by atoms with van der Waals surface area (Å²) < 4.78 is 10.6. The van der Waals surface area contributed by atoms with Crippen LogP contribution in [0.4, 0.5) is 0 Å². The molecule has 4 unspecified atom stereocenters. The summed E-state index contributed by atoms with van der Waals surface area (Å²) in [5, 5.41) is 22.3. The zero-order valence-corrected chi connectivity index (χ0v) is 34.6. The highest BCUT2D eigenvalue weighted by molar-refractivity contribution is 5.98. The van der Waals surface area contributed by atoms with Crippen molar-refractivity contribution in [3.05, 3.63) is 84.1 Å². The third kappa shape index (κ3) is 13.8. The van der Waals surface area contributed by atoms with E-state index < -0.39 is 96.0 Å². The first-order chi connectivity index (χ1) is 28.3. The number of para-hydroxylation sites is 1. The number of hydrogen-bond acceptors (Lipinski definition) is 10. The Bertz CT molecular complexity index is 2220. The molecular formula is C44H53N5O11. The van der Waals surface area contributed by atoms with Crippen molar-refractivity contribution in [1.82, 2.24) is 26.3 Å². The SMILES string of the molecule is CC(=O)NC(Cc1c[nH]c2ccccc12)C(=O)NC(CCC(=O)OC(C)(C)C)C(=O)NC(C(=O)NC(CC(=O)O)C(=O)COC(=O)Cc1cccc2ccccc12)C(C)C. The van der Waals surface area contributed by atoms with Crippen LogP contribution < -0.4 is 21.3 Å². The number of carbonyl (C=O) groups is 8. The number of carboxylic acids is 1. The van der Waals surface area contributed by atoms with Gasteiger partial charge >= 0.3 is 17.9 Å². The Kier molecular flexibility index (Phi) is 16.1. The van der Waals surface area contributed by atoms with Crippen LogP contribution in [0.2, 0.25) is 0 Å². The summed E-state index contributed by atoms with van der Waals surface area (Å²) in [5.74, 6) is -7.40. The molecule has 4 aromatic rings. The lowest BCUT2D eigenvalue weighted by Crippen LogP contribution is -2.59. The minimum Gasteiger partial charge on any atom is -0.481 e. The van der Waals surface area contributed by atoms with Crippen LogP contribution in [0, 0.1) is 5.92 Å². The van der Waals surface area contributed by atoms with Crippen LogP contribution in [-0.4, -0.2) is 93.8 Å². The van der Waals surface area contributed by atoms with Gasteiger partial charge in [0.15, 0.2) is 12.4 Å². The summed E-state index contributed by atoms with van der Waals surface area (Å²) in [6, 6.07) is 14.6. The number of benzene rings is 3. The minimum atomic E-state index is -1.64. The van der Waals surface area contributed by atoms with E-state index in [-0.39, 0.29) is 25.7 Å². The number of aliphatic carboxylic acids is 1. The predicted molar refractivity (Wildman–Crippen MR) is 221 cm³/mol. The van der Waals surface area contributed by atoms with Gasteiger partial charge in [0.05, 0.1) is 12.8 Å². The number of ether oxygens (including phenoxy) is 2. The van der Waals surface area contributed by atoms with Crippen molar-refractivity contribution in [2.45, 2.75) is 103 Å². The average Bonchev–Trinajstić information content (AvgIpc) is 3.58. The molecule has 0 radical (unpaired) electrons. The molecule has 4 rings (SSSR count). The number of rotatable bonds is 20. The topological polar surface area (TPSA) is 239 Å². The van der Waals surface area contributed by atoms with Crippen LogP contribution in [0.25, 0.3) is 21.7 Å². The molecule has 1 heterocycles. The lowest BCUT2D eigenvalue weighted by Gasteiger charge is -2.28. The van der Waals surface area contributed by atoms with Gasteiger partial charge in [0.1, 0.15) is 29.8 Å². The fourth-order valence-electron chi connectivity index (χ4n) is 6.55. The van der Waals surface area contributed by atoms with E-state index in [1.807, 2.05) is 54.6 Å². The van der Waals surface area contributed by atoms with Crippen molar-refractivity contribution in [2.24, 2.45) is 5.92 Å². The lowest BCUT2D eigenvalue weighted by molar-refractivity contribution is -0.155. The van der Waals surface area contributed by atoms with Gasteiger partial charge in [-0.15, -0.1) is 0 Å². The number of nitrogens with one attached hydrogen (secondary N) is 5. The molecule has 0 aliphatic heterocycles. The number of fused-ring (bicyclic) bond motifs is 2. The number of carboxylic acid groups (broad SMARTS) is 1. The Labute approximate surface area is 347 Å². The lowest BCUT2D eigenvalue weighted by atomic mass is 10.00. The molecule has 6 N–H and O–H groups in total. The molecule has 0 saturated heterocycles. The van der Waals surface area contributed by atoms with E-state index in [2.05, 4.69) is 26.3 Å². The molecule has 16 heteroatoms. The highest BCUT2D eigenvalue weighted by Gasteiger charge is 2.34. The summed E-state index contributed by atoms with van der Waals surface area (Å²) in [7, 11) is 0. The molecule has 0 aliphatic carbocycles. The molecule has 0 bridgehead atoms. The predicted octanol–water partition coefficient (Wildman–Crippen LogP) is 3.43. The molecule has 0 saturated carbocycles. The molecule has 0 fully saturated rings. The number of amides is 4. The normalized spacial score (nSPS) is 13.4. The summed E-state index contributed by atoms with van der Waals surface area (Å²) in [4.78, 5) is 107. The fourth-order valence-corrected chi connectivity index (χ4v) is 6.55. The Morgan fingerprint density at radius 2 is 1.35 bits per heavy atom. The minimum absolute atomic E-state index is 0.0460. The van der Waals surface area contributed by atoms with Crippen LogP contribution >= 0.6 is 0 Å². The third-order valence-corrected chi connectivity index (χ3v) is 9.40. The van der Waals surface area contributed by atoms with Gasteiger partial charge in [-0.1, -0.05) is 74.5 Å². The highest BCUT2D eigenvalue weighted by Crippen LogP contribution is 2.21. The van der Waals surface area contributed by atoms with E-state index in [9.17, 15) is 43.5 Å². The monoisotopic (exact) mass is 827 g/mol. The van der Waals surface area contributed by atoms with Crippen molar-refractivity contribution in [2.75, 3.05) is 6.61 Å². The van der Waals surface area contributed by atoms with Crippen LogP contribution in [-0.2, 0) is 60.7 Å². The molecule has 3 aromatic carbocycles. The van der Waals surface area contributed by atoms with Crippen molar-refractivity contribution in [3.63, 3.8) is 0 Å². The van der Waals surface area contributed by atoms with Gasteiger partial charge in [-0.05, 0) is 61.1 Å². The van der Waals surface area contributed by atoms with E-state index in [0.29, 0.717) is 5.56 Å². The zero-order valence-electron chi connectivity index (χ0n) is 34.6. The Balaban J connectivity index is 1.48. The van der Waals surface area contributed by atoms with E-state index in [0.717, 1.165) is 27.2 Å². The van der Waals surface area contributed by atoms with E-state index >= 15 is 0 Å². The number of hydrogen-bond donors (Lipinski definition) is 6. The number of carbonyl (C=O) groups excluding carboxylic acids is 7. The summed E-state index contributed by atoms with van der Waals surface area (Å²) >= 11 is 0. The molecule has 4 amide bonds. The van der Waals surface area contributed by atoms with Gasteiger partial charge in [0.25, 0.3) is 0 Å². The third-order valence-electron chi connectivity index (χ3n) is 9.40. The molecule has 320 valence electrons. The Hall–Kier alpha value is -6.58. The van der Waals surface area contributed by atoms with Gasteiger partial charge in [0, 0.05) is 36.9 Å². The number of H-pyrrole nitrogens is 1. The molecular weight excluding hydrogens is 775 g/mol. The highest BCUT2D eigenvalue weighted by atomic mass is 16.6. The first kappa shape index (κ1) is 46.1. The fraction of sp³-hybridized carbons (Fsp3) is 0.409. The van der Waals surface area contributed by atoms with Gasteiger partial charge in [-0.3, -0.25) is 38.4 Å². The van der Waals surface area contributed by atoms with Gasteiger partial charge in [-0.2, -0.15) is 0 Å². The first-order valence-electron chi connectivity index (χ1n) is 19.6. The van der Waals surface area contributed by atoms with Crippen LogP contribution in [0.3, 0.4) is 0 Å². The second-order valence-electron chi connectivity index (χ2n) is 15.8. The van der Waals surface area contributed by atoms with Crippen LogP contribution in [0.5, 0.6) is 0 Å². The van der Waals surface area contributed by atoms with E-state index in [1.165, 1.54) is 6.92 Å². The van der Waals surface area contributed by atoms with Gasteiger partial charge in [0.2, 0.25) is 23.6 Å². The molecule has 60 heavy (non-hydrogen) atoms. The summed E-state index contributed by atoms with van der Waals surface area (Å²) in [5.41, 5.74) is 1.36. The second kappa shape index (κ2) is 20.9. The maximum atomic E-state index is 14.0. The molecule has 1 aromatic heterocycles. The molecule has 0 aliphatic rings. The van der Waals surface area contributed by atoms with Crippen LogP contribution in [0.15, 0.2) is 72.9 Å². The number of esters is 2. The van der Waals surface area contributed by atoms with Gasteiger partial charge < -0.3 is 40.8 Å². The summed E-state index contributed by atoms with van der Waals surface area (Å²) in [6.45, 7) is 8.62. The van der Waals surface area contributed by atoms with Crippen molar-refractivity contribution in [3.8, 4) is 0 Å². The number of ketones is 1. The largest absolute Gasteiger partial charge is 0.481 e. The van der Waals surface area contributed by atoms with E-state index in [4.69, 9.17) is 9.47 Å². The Morgan fingerprint density at radius 1 is 0.717 bits per heavy atom. The maximum absolute atomic E-state index is 14.0. The van der Waals surface area contributed by atoms with E-state index in [1.54, 1.807) is 52.9 Å². The zero-order chi connectivity index (χ0) is 44.1. The molecule has 4 atom stereocenters.